The Morgan fingerprint density at radius 1 is 0.368 bits per heavy atom. The third kappa shape index (κ3) is 30.2. The SMILES string of the molecule is CC(C)CCC[C@@H](C)CCC[C@@H](C)CCC[C@@H](C)CCOC[C@H](CO[C@H]1O[C@H](CO[Si](c2ccccc2)(c2ccccc2)C(C)(C)C)[C@@H](OCc2ccccc2)[C@H](OCc2ccccc2)[C@H]1OCc1ccccc1)OCC[C@H](C)CCC[C@H](C)CCC[C@H](C)CCCC(C)C. The largest absolute Gasteiger partial charge is 0.405 e. The maximum Gasteiger partial charge on any atom is 0.261 e. The molecule has 9 heteroatoms. The molecule has 95 heavy (non-hydrogen) atoms. The molecule has 0 aromatic heterocycles. The first-order valence-electron chi connectivity index (χ1n) is 38.1. The average molecular weight is 1320 g/mol. The second-order valence-corrected chi connectivity index (χ2v) is 35.6. The van der Waals surface area contributed by atoms with Gasteiger partial charge in [-0.3, -0.25) is 0 Å². The van der Waals surface area contributed by atoms with Crippen LogP contribution < -0.4 is 10.4 Å². The van der Waals surface area contributed by atoms with Crippen LogP contribution in [-0.2, 0) is 57.4 Å². The molecule has 0 spiro atoms. The summed E-state index contributed by atoms with van der Waals surface area (Å²) in [6.45, 7) is 34.2. The molecule has 8 nitrogen and oxygen atoms in total. The lowest BCUT2D eigenvalue weighted by molar-refractivity contribution is -0.329. The van der Waals surface area contributed by atoms with Gasteiger partial charge in [0, 0.05) is 13.2 Å². The molecule has 0 N–H and O–H groups in total. The minimum atomic E-state index is -3.07. The fourth-order valence-corrected chi connectivity index (χ4v) is 18.7. The van der Waals surface area contributed by atoms with Gasteiger partial charge < -0.3 is 37.6 Å². The summed E-state index contributed by atoms with van der Waals surface area (Å²) in [5.74, 6) is 5.96. The second-order valence-electron chi connectivity index (χ2n) is 31.3. The molecule has 0 unspecified atom stereocenters. The van der Waals surface area contributed by atoms with E-state index in [-0.39, 0.29) is 24.4 Å². The van der Waals surface area contributed by atoms with Crippen LogP contribution in [0, 0.1) is 47.3 Å². The van der Waals surface area contributed by atoms with Crippen LogP contribution in [0.5, 0.6) is 0 Å². The molecule has 530 valence electrons. The Hall–Kier alpha value is -4.00. The summed E-state index contributed by atoms with van der Waals surface area (Å²) in [5, 5.41) is 2.11. The van der Waals surface area contributed by atoms with Gasteiger partial charge in [-0.1, -0.05) is 357 Å². The molecule has 0 saturated carbocycles. The van der Waals surface area contributed by atoms with E-state index in [2.05, 4.69) is 223 Å². The fraction of sp³-hybridized carbons (Fsp3) is 0.651. The lowest BCUT2D eigenvalue weighted by atomic mass is 9.91. The standard InChI is InChI=1S/C86H134O8Si/c1-67(2)35-29-37-69(5)39-31-41-71(7)43-33-45-73(9)57-59-87-64-78(88-60-58-74(10)46-34-44-72(8)42-32-40-70(6)38-30-36-68(3)4)65-92-85-84(91-63-77-51-23-16-24-52-77)83(90-62-76-49-21-15-22-50-76)82(89-61-75-47-19-14-20-48-75)81(94-85)66-93-95(86(11,12)13,79-53-25-17-26-54-79)80-55-27-18-28-56-80/h14-28,47-56,67-74,78,81-85H,29-46,57-66H2,1-13H3/t69-,70-,71-,72-,73-,74-,78-,81-,82-,83+,84-,85+/m1/s1. The van der Waals surface area contributed by atoms with Crippen molar-refractivity contribution in [2.75, 3.05) is 33.0 Å². The molecule has 12 atom stereocenters. The molecular formula is C86H134O8Si. The zero-order chi connectivity index (χ0) is 68.1. The van der Waals surface area contributed by atoms with Crippen LogP contribution in [0.25, 0.3) is 0 Å². The Labute approximate surface area is 582 Å². The summed E-state index contributed by atoms with van der Waals surface area (Å²) in [7, 11) is -3.07. The second kappa shape index (κ2) is 44.9. The van der Waals surface area contributed by atoms with E-state index < -0.39 is 39.0 Å². The zero-order valence-corrected chi connectivity index (χ0v) is 63.1. The average Bonchev–Trinajstić information content (AvgIpc) is 0.750. The molecule has 1 fully saturated rings. The van der Waals surface area contributed by atoms with Gasteiger partial charge in [0.05, 0.1) is 39.6 Å². The third-order valence-corrected chi connectivity index (χ3v) is 25.3. The monoisotopic (exact) mass is 1320 g/mol. The predicted molar refractivity (Wildman–Crippen MR) is 401 cm³/mol. The van der Waals surface area contributed by atoms with Crippen molar-refractivity contribution < 1.29 is 37.6 Å². The molecule has 5 aromatic carbocycles. The molecule has 5 aromatic rings. The summed E-state index contributed by atoms with van der Waals surface area (Å²) in [6.07, 6.45) is 22.0. The van der Waals surface area contributed by atoms with Crippen molar-refractivity contribution in [1.29, 1.82) is 0 Å². The van der Waals surface area contributed by atoms with E-state index in [0.717, 1.165) is 65.0 Å². The number of hydrogen-bond acceptors (Lipinski definition) is 8. The van der Waals surface area contributed by atoms with Gasteiger partial charge in [0.15, 0.2) is 6.29 Å². The molecule has 0 amide bonds. The quantitative estimate of drug-likeness (QED) is 0.0282. The van der Waals surface area contributed by atoms with Crippen molar-refractivity contribution >= 4 is 18.7 Å². The molecule has 0 aliphatic carbocycles. The van der Waals surface area contributed by atoms with Crippen molar-refractivity contribution in [2.24, 2.45) is 47.3 Å². The van der Waals surface area contributed by atoms with Crippen molar-refractivity contribution in [3.05, 3.63) is 168 Å². The highest BCUT2D eigenvalue weighted by molar-refractivity contribution is 6.99. The van der Waals surface area contributed by atoms with Crippen LogP contribution in [0.2, 0.25) is 5.04 Å². The minimum Gasteiger partial charge on any atom is -0.405 e. The first kappa shape index (κ1) is 80.0. The maximum absolute atomic E-state index is 7.79. The smallest absolute Gasteiger partial charge is 0.261 e. The molecule has 0 radical (unpaired) electrons. The van der Waals surface area contributed by atoms with Crippen molar-refractivity contribution in [3.63, 3.8) is 0 Å². The Balaban J connectivity index is 1.22. The van der Waals surface area contributed by atoms with E-state index in [9.17, 15) is 0 Å². The van der Waals surface area contributed by atoms with Crippen molar-refractivity contribution in [2.45, 2.75) is 280 Å². The van der Waals surface area contributed by atoms with E-state index in [0.29, 0.717) is 51.5 Å². The number of hydrogen-bond donors (Lipinski definition) is 0. The van der Waals surface area contributed by atoms with Gasteiger partial charge in [0.25, 0.3) is 8.32 Å². The summed E-state index contributed by atoms with van der Waals surface area (Å²) in [4.78, 5) is 0. The molecule has 6 rings (SSSR count). The third-order valence-electron chi connectivity index (χ3n) is 20.3. The summed E-state index contributed by atoms with van der Waals surface area (Å²) in [5.41, 5.74) is 3.14. The van der Waals surface area contributed by atoms with E-state index in [1.807, 2.05) is 18.2 Å². The van der Waals surface area contributed by atoms with Gasteiger partial charge >= 0.3 is 0 Å². The molecule has 1 aliphatic rings. The first-order valence-corrected chi connectivity index (χ1v) is 40.0. The topological polar surface area (TPSA) is 73.8 Å². The summed E-state index contributed by atoms with van der Waals surface area (Å²) < 4.78 is 57.8. The van der Waals surface area contributed by atoms with Gasteiger partial charge in [-0.15, -0.1) is 0 Å². The molecule has 0 bridgehead atoms. The molecule has 1 saturated heterocycles. The number of rotatable bonds is 50. The lowest BCUT2D eigenvalue weighted by Crippen LogP contribution is -2.68. The highest BCUT2D eigenvalue weighted by Gasteiger charge is 2.54. The van der Waals surface area contributed by atoms with Crippen LogP contribution in [0.1, 0.15) is 235 Å². The van der Waals surface area contributed by atoms with E-state index >= 15 is 0 Å². The van der Waals surface area contributed by atoms with E-state index in [4.69, 9.17) is 37.6 Å². The minimum absolute atomic E-state index is 0.218. The Kier molecular flexibility index (Phi) is 37.8. The zero-order valence-electron chi connectivity index (χ0n) is 62.1. The predicted octanol–water partition coefficient (Wildman–Crippen LogP) is 21.4. The maximum atomic E-state index is 7.79. The summed E-state index contributed by atoms with van der Waals surface area (Å²) in [6, 6.07) is 52.8. The van der Waals surface area contributed by atoms with Crippen LogP contribution >= 0.6 is 0 Å². The lowest BCUT2D eigenvalue weighted by Gasteiger charge is -2.48. The van der Waals surface area contributed by atoms with Crippen molar-refractivity contribution in [1.82, 2.24) is 0 Å². The summed E-state index contributed by atoms with van der Waals surface area (Å²) >= 11 is 0. The fourth-order valence-electron chi connectivity index (χ4n) is 14.1. The Morgan fingerprint density at radius 3 is 1.08 bits per heavy atom. The first-order chi connectivity index (χ1) is 45.9. The van der Waals surface area contributed by atoms with Gasteiger partial charge in [-0.25, -0.2) is 0 Å². The van der Waals surface area contributed by atoms with Gasteiger partial charge in [-0.2, -0.15) is 0 Å². The molecule has 1 aliphatic heterocycles. The van der Waals surface area contributed by atoms with Gasteiger partial charge in [0.2, 0.25) is 0 Å². The Morgan fingerprint density at radius 2 is 0.705 bits per heavy atom. The normalized spacial score (nSPS) is 19.4. The van der Waals surface area contributed by atoms with Crippen LogP contribution in [0.4, 0.5) is 0 Å². The van der Waals surface area contributed by atoms with Gasteiger partial charge in [0.1, 0.15) is 30.5 Å². The van der Waals surface area contributed by atoms with Crippen molar-refractivity contribution in [3.8, 4) is 0 Å². The highest BCUT2D eigenvalue weighted by Crippen LogP contribution is 2.39. The molecular weight excluding hydrogens is 1190 g/mol. The Bertz CT molecular complexity index is 2610. The van der Waals surface area contributed by atoms with Crippen LogP contribution in [0.15, 0.2) is 152 Å². The number of benzene rings is 5. The van der Waals surface area contributed by atoms with Crippen LogP contribution in [0.3, 0.4) is 0 Å². The molecule has 1 heterocycles. The highest BCUT2D eigenvalue weighted by atomic mass is 28.4. The van der Waals surface area contributed by atoms with E-state index in [1.165, 1.54) is 126 Å². The van der Waals surface area contributed by atoms with Crippen LogP contribution in [-0.4, -0.2) is 78.2 Å². The van der Waals surface area contributed by atoms with Gasteiger partial charge in [-0.05, 0) is 92.3 Å². The van der Waals surface area contributed by atoms with E-state index in [1.54, 1.807) is 0 Å². The number of ether oxygens (including phenoxy) is 7.